The van der Waals surface area contributed by atoms with Crippen molar-refractivity contribution in [2.24, 2.45) is 5.92 Å². The van der Waals surface area contributed by atoms with Gasteiger partial charge in [0.25, 0.3) is 0 Å². The molecule has 14 heavy (non-hydrogen) atoms. The Labute approximate surface area is 94.2 Å². The average Bonchev–Trinajstić information content (AvgIpc) is 1.99. The SMILES string of the molecule is O=S(=O)(Cl)CC1CC2CCCC(C1)S2. The van der Waals surface area contributed by atoms with Crippen LogP contribution >= 0.6 is 22.4 Å². The van der Waals surface area contributed by atoms with Crippen LogP contribution < -0.4 is 0 Å². The molecule has 2 aliphatic rings. The van der Waals surface area contributed by atoms with Crippen LogP contribution in [0.5, 0.6) is 0 Å². The lowest BCUT2D eigenvalue weighted by molar-refractivity contribution is 0.395. The summed E-state index contributed by atoms with van der Waals surface area (Å²) >= 11 is 2.06. The molecule has 0 radical (unpaired) electrons. The van der Waals surface area contributed by atoms with E-state index in [4.69, 9.17) is 10.7 Å². The Hall–Kier alpha value is 0.590. The van der Waals surface area contributed by atoms with Crippen LogP contribution in [0.3, 0.4) is 0 Å². The molecule has 2 rings (SSSR count). The van der Waals surface area contributed by atoms with Gasteiger partial charge >= 0.3 is 0 Å². The van der Waals surface area contributed by atoms with E-state index in [0.29, 0.717) is 16.4 Å². The molecule has 2 saturated heterocycles. The Bertz CT molecular complexity index is 290. The van der Waals surface area contributed by atoms with Gasteiger partial charge in [-0.15, -0.1) is 0 Å². The molecular weight excluding hydrogens is 240 g/mol. The zero-order valence-electron chi connectivity index (χ0n) is 7.99. The largest absolute Gasteiger partial charge is 0.232 e. The average molecular weight is 255 g/mol. The summed E-state index contributed by atoms with van der Waals surface area (Å²) < 4.78 is 22.0. The molecule has 2 heterocycles. The molecular formula is C9H15ClO2S2. The maximum Gasteiger partial charge on any atom is 0.232 e. The summed E-state index contributed by atoms with van der Waals surface area (Å²) in [7, 11) is 2.00. The summed E-state index contributed by atoms with van der Waals surface area (Å²) in [5.41, 5.74) is 0. The normalized spacial score (nSPS) is 38.2. The molecule has 0 saturated carbocycles. The van der Waals surface area contributed by atoms with E-state index < -0.39 is 9.05 Å². The fourth-order valence-corrected chi connectivity index (χ4v) is 5.87. The highest BCUT2D eigenvalue weighted by Crippen LogP contribution is 2.44. The van der Waals surface area contributed by atoms with Gasteiger partial charge in [-0.05, 0) is 31.6 Å². The number of hydrogen-bond acceptors (Lipinski definition) is 3. The Morgan fingerprint density at radius 3 is 2.29 bits per heavy atom. The Morgan fingerprint density at radius 2 is 1.79 bits per heavy atom. The quantitative estimate of drug-likeness (QED) is 0.711. The van der Waals surface area contributed by atoms with Crippen LogP contribution in [0.2, 0.25) is 0 Å². The Kier molecular flexibility index (Phi) is 3.34. The van der Waals surface area contributed by atoms with Gasteiger partial charge in [0.05, 0.1) is 5.75 Å². The van der Waals surface area contributed by atoms with Gasteiger partial charge in [0.1, 0.15) is 0 Å². The summed E-state index contributed by atoms with van der Waals surface area (Å²) in [5, 5.41) is 1.40. The molecule has 2 unspecified atom stereocenters. The Morgan fingerprint density at radius 1 is 1.21 bits per heavy atom. The van der Waals surface area contributed by atoms with E-state index in [9.17, 15) is 8.42 Å². The van der Waals surface area contributed by atoms with Crippen LogP contribution in [-0.2, 0) is 9.05 Å². The number of thioether (sulfide) groups is 1. The highest BCUT2D eigenvalue weighted by Gasteiger charge is 2.33. The predicted octanol–water partition coefficient (Wildman–Crippen LogP) is 2.62. The molecule has 0 spiro atoms. The van der Waals surface area contributed by atoms with Crippen molar-refractivity contribution >= 4 is 31.5 Å². The molecule has 0 aromatic rings. The van der Waals surface area contributed by atoms with Crippen LogP contribution in [0.4, 0.5) is 0 Å². The number of rotatable bonds is 2. The van der Waals surface area contributed by atoms with Crippen molar-refractivity contribution in [1.82, 2.24) is 0 Å². The summed E-state index contributed by atoms with van der Waals surface area (Å²) in [6.07, 6.45) is 5.95. The monoisotopic (exact) mass is 254 g/mol. The minimum Gasteiger partial charge on any atom is -0.212 e. The van der Waals surface area contributed by atoms with Crippen molar-refractivity contribution in [2.75, 3.05) is 5.75 Å². The van der Waals surface area contributed by atoms with E-state index in [0.717, 1.165) is 12.8 Å². The first-order chi connectivity index (χ1) is 6.53. The first-order valence-electron chi connectivity index (χ1n) is 5.11. The van der Waals surface area contributed by atoms with E-state index >= 15 is 0 Å². The van der Waals surface area contributed by atoms with Crippen molar-refractivity contribution < 1.29 is 8.42 Å². The van der Waals surface area contributed by atoms with E-state index in [2.05, 4.69) is 11.8 Å². The van der Waals surface area contributed by atoms with Crippen molar-refractivity contribution in [3.63, 3.8) is 0 Å². The third-order valence-corrected chi connectivity index (χ3v) is 5.94. The molecule has 2 aliphatic heterocycles. The van der Waals surface area contributed by atoms with E-state index in [-0.39, 0.29) is 5.75 Å². The van der Waals surface area contributed by atoms with Crippen molar-refractivity contribution in [3.05, 3.63) is 0 Å². The lowest BCUT2D eigenvalue weighted by atomic mass is 9.91. The summed E-state index contributed by atoms with van der Waals surface area (Å²) in [5.74, 6) is 0.497. The minimum atomic E-state index is -3.29. The number of halogens is 1. The van der Waals surface area contributed by atoms with Crippen molar-refractivity contribution in [3.8, 4) is 0 Å². The van der Waals surface area contributed by atoms with Gasteiger partial charge in [0.15, 0.2) is 0 Å². The van der Waals surface area contributed by atoms with Crippen LogP contribution in [0.25, 0.3) is 0 Å². The predicted molar refractivity (Wildman–Crippen MR) is 61.4 cm³/mol. The first-order valence-corrected chi connectivity index (χ1v) is 8.53. The summed E-state index contributed by atoms with van der Waals surface area (Å²) in [6, 6.07) is 0. The molecule has 0 aliphatic carbocycles. The molecule has 2 bridgehead atoms. The second kappa shape index (κ2) is 4.22. The Balaban J connectivity index is 1.96. The molecule has 0 amide bonds. The second-order valence-corrected chi connectivity index (χ2v) is 8.78. The topological polar surface area (TPSA) is 34.1 Å². The van der Waals surface area contributed by atoms with Gasteiger partial charge in [-0.1, -0.05) is 6.42 Å². The van der Waals surface area contributed by atoms with Crippen molar-refractivity contribution in [2.45, 2.75) is 42.6 Å². The highest BCUT2D eigenvalue weighted by molar-refractivity contribution is 8.13. The fourth-order valence-electron chi connectivity index (χ4n) is 2.59. The summed E-state index contributed by atoms with van der Waals surface area (Å²) in [6.45, 7) is 0. The van der Waals surface area contributed by atoms with Gasteiger partial charge in [0, 0.05) is 21.2 Å². The standard InChI is InChI=1S/C9H15ClO2S2/c10-14(11,12)6-7-4-8-2-1-3-9(5-7)13-8/h7-9H,1-6H2. The van der Waals surface area contributed by atoms with Gasteiger partial charge in [-0.25, -0.2) is 8.42 Å². The minimum absolute atomic E-state index is 0.183. The highest BCUT2D eigenvalue weighted by atomic mass is 35.7. The molecule has 0 aromatic carbocycles. The molecule has 2 fully saturated rings. The van der Waals surface area contributed by atoms with Gasteiger partial charge < -0.3 is 0 Å². The molecule has 0 N–H and O–H groups in total. The maximum absolute atomic E-state index is 11.0. The number of fused-ring (bicyclic) bond motifs is 2. The van der Waals surface area contributed by atoms with Gasteiger partial charge in [0.2, 0.25) is 9.05 Å². The summed E-state index contributed by atoms with van der Waals surface area (Å²) in [4.78, 5) is 0. The van der Waals surface area contributed by atoms with E-state index in [1.807, 2.05) is 0 Å². The van der Waals surface area contributed by atoms with Gasteiger partial charge in [-0.2, -0.15) is 11.8 Å². The van der Waals surface area contributed by atoms with E-state index in [1.165, 1.54) is 19.3 Å². The fraction of sp³-hybridized carbons (Fsp3) is 1.00. The van der Waals surface area contributed by atoms with Crippen LogP contribution in [0.1, 0.15) is 32.1 Å². The maximum atomic E-state index is 11.0. The molecule has 5 heteroatoms. The zero-order valence-corrected chi connectivity index (χ0v) is 10.4. The molecule has 0 aromatic heterocycles. The van der Waals surface area contributed by atoms with Crippen LogP contribution in [-0.4, -0.2) is 24.7 Å². The molecule has 2 nitrogen and oxygen atoms in total. The second-order valence-electron chi connectivity index (χ2n) is 4.35. The van der Waals surface area contributed by atoms with Crippen LogP contribution in [0.15, 0.2) is 0 Å². The molecule has 82 valence electrons. The molecule has 2 atom stereocenters. The third kappa shape index (κ3) is 3.04. The lowest BCUT2D eigenvalue weighted by Gasteiger charge is -2.38. The third-order valence-electron chi connectivity index (χ3n) is 3.06. The zero-order chi connectivity index (χ0) is 10.2. The number of hydrogen-bond donors (Lipinski definition) is 0. The lowest BCUT2D eigenvalue weighted by Crippen LogP contribution is -2.31. The van der Waals surface area contributed by atoms with Crippen molar-refractivity contribution in [1.29, 1.82) is 0 Å². The first kappa shape index (κ1) is 11.1. The smallest absolute Gasteiger partial charge is 0.212 e. The van der Waals surface area contributed by atoms with Crippen LogP contribution in [0, 0.1) is 5.92 Å². The van der Waals surface area contributed by atoms with E-state index in [1.54, 1.807) is 0 Å². The van der Waals surface area contributed by atoms with Gasteiger partial charge in [-0.3, -0.25) is 0 Å².